The van der Waals surface area contributed by atoms with Crippen LogP contribution in [-0.2, 0) is 30.9 Å². The molecule has 0 aliphatic carbocycles. The molecule has 0 radical (unpaired) electrons. The van der Waals surface area contributed by atoms with E-state index in [0.717, 1.165) is 56.6 Å². The maximum absolute atomic E-state index is 5.13. The van der Waals surface area contributed by atoms with Crippen LogP contribution in [0.1, 0.15) is 23.6 Å². The molecule has 0 amide bonds. The van der Waals surface area contributed by atoms with Crippen molar-refractivity contribution in [1.82, 2.24) is 30.3 Å². The zero-order chi connectivity index (χ0) is 19.8. The minimum Gasteiger partial charge on any atom is -0.377 e. The smallest absolute Gasteiger partial charge is 0.191 e. The van der Waals surface area contributed by atoms with E-state index in [0.29, 0.717) is 6.61 Å². The van der Waals surface area contributed by atoms with Crippen molar-refractivity contribution in [3.8, 4) is 0 Å². The number of methoxy groups -OCH3 is 1. The van der Waals surface area contributed by atoms with Crippen molar-refractivity contribution in [2.45, 2.75) is 38.6 Å². The summed E-state index contributed by atoms with van der Waals surface area (Å²) in [5, 5.41) is 11.4. The molecule has 2 N–H and O–H groups in total. The number of rotatable bonds is 8. The van der Waals surface area contributed by atoms with Crippen LogP contribution in [0.3, 0.4) is 0 Å². The molecular weight excluding hydrogens is 354 g/mol. The molecule has 0 saturated heterocycles. The van der Waals surface area contributed by atoms with Crippen LogP contribution in [0.2, 0.25) is 0 Å². The van der Waals surface area contributed by atoms with E-state index in [-0.39, 0.29) is 6.04 Å². The monoisotopic (exact) mass is 385 g/mol. The van der Waals surface area contributed by atoms with E-state index in [1.807, 2.05) is 17.8 Å². The van der Waals surface area contributed by atoms with E-state index in [2.05, 4.69) is 61.9 Å². The first-order valence-corrected chi connectivity index (χ1v) is 9.79. The number of aryl methyl sites for hydroxylation is 1. The number of hydrogen-bond donors (Lipinski definition) is 2. The Hall–Kier alpha value is -2.45. The molecule has 1 atom stereocenters. The van der Waals surface area contributed by atoms with Crippen LogP contribution in [-0.4, -0.2) is 66.0 Å². The molecule has 2 aromatic rings. The number of aliphatic imine (C=N–C) groups is 1. The molecular formula is C20H31N7O. The average Bonchev–Trinajstić information content (AvgIpc) is 3.10. The Labute approximate surface area is 167 Å². The van der Waals surface area contributed by atoms with Crippen LogP contribution in [0.25, 0.3) is 0 Å². The van der Waals surface area contributed by atoms with Crippen molar-refractivity contribution in [1.29, 1.82) is 0 Å². The molecule has 3 rings (SSSR count). The molecule has 0 fully saturated rings. The molecule has 2 heterocycles. The lowest BCUT2D eigenvalue weighted by Gasteiger charge is -2.26. The summed E-state index contributed by atoms with van der Waals surface area (Å²) in [6, 6.07) is 10.8. The average molecular weight is 386 g/mol. The molecule has 1 aliphatic rings. The number of ether oxygens (including phenoxy) is 1. The fraction of sp³-hybridized carbons (Fsp3) is 0.550. The summed E-state index contributed by atoms with van der Waals surface area (Å²) in [4.78, 5) is 11.2. The van der Waals surface area contributed by atoms with E-state index in [4.69, 9.17) is 4.74 Å². The SMILES string of the molecule is CN=C(NCCN(C)Cc1ccccc1)NC1CCc2nc(COC)nn2C1. The number of benzene rings is 1. The second-order valence-corrected chi connectivity index (χ2v) is 7.16. The number of aromatic nitrogens is 3. The molecule has 0 spiro atoms. The normalized spacial score (nSPS) is 16.9. The lowest BCUT2D eigenvalue weighted by Crippen LogP contribution is -2.48. The van der Waals surface area contributed by atoms with Gasteiger partial charge in [-0.3, -0.25) is 4.99 Å². The van der Waals surface area contributed by atoms with Crippen LogP contribution in [0.15, 0.2) is 35.3 Å². The molecule has 1 aromatic carbocycles. The van der Waals surface area contributed by atoms with Gasteiger partial charge in [0, 0.05) is 46.3 Å². The Morgan fingerprint density at radius 3 is 2.93 bits per heavy atom. The highest BCUT2D eigenvalue weighted by molar-refractivity contribution is 5.79. The summed E-state index contributed by atoms with van der Waals surface area (Å²) in [5.41, 5.74) is 1.33. The van der Waals surface area contributed by atoms with Gasteiger partial charge in [0.05, 0.1) is 6.54 Å². The molecule has 1 aliphatic heterocycles. The van der Waals surface area contributed by atoms with Crippen molar-refractivity contribution in [3.05, 3.63) is 47.5 Å². The zero-order valence-corrected chi connectivity index (χ0v) is 17.1. The first-order chi connectivity index (χ1) is 13.7. The standard InChI is InChI=1S/C20H31N7O/c1-21-20(22-11-12-26(2)13-16-7-5-4-6-8-16)23-17-9-10-19-24-18(15-28-3)25-27(19)14-17/h4-8,17H,9-15H2,1-3H3,(H2,21,22,23). The highest BCUT2D eigenvalue weighted by atomic mass is 16.5. The number of hydrogen-bond acceptors (Lipinski definition) is 5. The first kappa shape index (κ1) is 20.3. The van der Waals surface area contributed by atoms with Gasteiger partial charge in [-0.15, -0.1) is 0 Å². The van der Waals surface area contributed by atoms with Crippen LogP contribution < -0.4 is 10.6 Å². The molecule has 152 valence electrons. The van der Waals surface area contributed by atoms with Gasteiger partial charge in [0.2, 0.25) is 0 Å². The van der Waals surface area contributed by atoms with E-state index in [9.17, 15) is 0 Å². The van der Waals surface area contributed by atoms with Crippen molar-refractivity contribution in [2.75, 3.05) is 34.3 Å². The van der Waals surface area contributed by atoms with Crippen LogP contribution in [0.5, 0.6) is 0 Å². The van der Waals surface area contributed by atoms with Crippen LogP contribution in [0.4, 0.5) is 0 Å². The lowest BCUT2D eigenvalue weighted by atomic mass is 10.1. The Morgan fingerprint density at radius 2 is 2.18 bits per heavy atom. The van der Waals surface area contributed by atoms with Gasteiger partial charge >= 0.3 is 0 Å². The van der Waals surface area contributed by atoms with Gasteiger partial charge in [0.1, 0.15) is 12.4 Å². The predicted molar refractivity (Wildman–Crippen MR) is 110 cm³/mol. The molecule has 8 nitrogen and oxygen atoms in total. The Kier molecular flexibility index (Phi) is 7.39. The van der Waals surface area contributed by atoms with E-state index in [1.54, 1.807) is 7.11 Å². The molecule has 1 unspecified atom stereocenters. The second kappa shape index (κ2) is 10.2. The zero-order valence-electron chi connectivity index (χ0n) is 17.1. The number of nitrogens with one attached hydrogen (secondary N) is 2. The third kappa shape index (κ3) is 5.77. The Bertz CT molecular complexity index is 759. The molecule has 8 heteroatoms. The summed E-state index contributed by atoms with van der Waals surface area (Å²) in [6.45, 7) is 3.96. The van der Waals surface area contributed by atoms with Crippen molar-refractivity contribution in [3.63, 3.8) is 0 Å². The topological polar surface area (TPSA) is 79.6 Å². The van der Waals surface area contributed by atoms with E-state index < -0.39 is 0 Å². The minimum atomic E-state index is 0.290. The quantitative estimate of drug-likeness (QED) is 0.522. The fourth-order valence-corrected chi connectivity index (χ4v) is 3.40. The number of fused-ring (bicyclic) bond motifs is 1. The third-order valence-electron chi connectivity index (χ3n) is 4.82. The van der Waals surface area contributed by atoms with Gasteiger partial charge in [-0.2, -0.15) is 5.10 Å². The van der Waals surface area contributed by atoms with Crippen molar-refractivity contribution in [2.24, 2.45) is 4.99 Å². The van der Waals surface area contributed by atoms with Gasteiger partial charge in [-0.05, 0) is 19.0 Å². The predicted octanol–water partition coefficient (Wildman–Crippen LogP) is 1.04. The molecule has 0 bridgehead atoms. The highest BCUT2D eigenvalue weighted by Gasteiger charge is 2.22. The Morgan fingerprint density at radius 1 is 1.36 bits per heavy atom. The van der Waals surface area contributed by atoms with Crippen molar-refractivity contribution >= 4 is 5.96 Å². The van der Waals surface area contributed by atoms with Gasteiger partial charge < -0.3 is 20.3 Å². The van der Waals surface area contributed by atoms with E-state index >= 15 is 0 Å². The number of likely N-dealkylation sites (N-methyl/N-ethyl adjacent to an activating group) is 1. The largest absolute Gasteiger partial charge is 0.377 e. The summed E-state index contributed by atoms with van der Waals surface area (Å²) < 4.78 is 7.11. The minimum absolute atomic E-state index is 0.290. The number of guanidine groups is 1. The molecule has 1 aromatic heterocycles. The Balaban J connectivity index is 1.42. The second-order valence-electron chi connectivity index (χ2n) is 7.16. The van der Waals surface area contributed by atoms with Crippen molar-refractivity contribution < 1.29 is 4.74 Å². The molecule has 28 heavy (non-hydrogen) atoms. The maximum Gasteiger partial charge on any atom is 0.191 e. The summed E-state index contributed by atoms with van der Waals surface area (Å²) in [6.07, 6.45) is 1.92. The van der Waals surface area contributed by atoms with Crippen LogP contribution in [0, 0.1) is 0 Å². The summed E-state index contributed by atoms with van der Waals surface area (Å²) in [7, 11) is 5.61. The van der Waals surface area contributed by atoms with Crippen LogP contribution >= 0.6 is 0 Å². The first-order valence-electron chi connectivity index (χ1n) is 9.79. The van der Waals surface area contributed by atoms with Gasteiger partial charge in [-0.1, -0.05) is 30.3 Å². The molecule has 0 saturated carbocycles. The van der Waals surface area contributed by atoms with Gasteiger partial charge in [0.25, 0.3) is 0 Å². The summed E-state index contributed by atoms with van der Waals surface area (Å²) >= 11 is 0. The highest BCUT2D eigenvalue weighted by Crippen LogP contribution is 2.13. The number of nitrogens with zero attached hydrogens (tertiary/aromatic N) is 5. The lowest BCUT2D eigenvalue weighted by molar-refractivity contribution is 0.177. The van der Waals surface area contributed by atoms with E-state index in [1.165, 1.54) is 5.56 Å². The summed E-state index contributed by atoms with van der Waals surface area (Å²) in [5.74, 6) is 2.62. The maximum atomic E-state index is 5.13. The fourth-order valence-electron chi connectivity index (χ4n) is 3.40. The van der Waals surface area contributed by atoms with Gasteiger partial charge in [0.15, 0.2) is 11.8 Å². The van der Waals surface area contributed by atoms with Gasteiger partial charge in [-0.25, -0.2) is 9.67 Å². The third-order valence-corrected chi connectivity index (χ3v) is 4.82.